The van der Waals surface area contributed by atoms with Crippen LogP contribution in [-0.4, -0.2) is 75.5 Å². The second-order valence-corrected chi connectivity index (χ2v) is 25.3. The SMILES string of the molecule is O=C(OC[C@H]1O[C@@H](OC(=O)c2cc(O)c3c(c2)OC(c2ccccc2)(c2ccccc2)O3)[C@H](OC(=O)c2cc(O)c3c(c2)OC(c2ccccc2)(c2ccccc2)O3)[C@@H]1OC(=O)c1cc(O)c2c(c1)OC(c1ccccc1)(c1ccccc1)O2)c1cc(O)c2c(c1)OC(c1ccccc1)(c1ccccc1)O2. The highest BCUT2D eigenvalue weighted by Crippen LogP contribution is 2.57. The van der Waals surface area contributed by atoms with Crippen LogP contribution in [0.4, 0.5) is 0 Å². The normalized spacial score (nSPS) is 18.1. The molecule has 0 radical (unpaired) electrons. The minimum atomic E-state index is -2.12. The summed E-state index contributed by atoms with van der Waals surface area (Å²) in [5.74, 6) is -14.4. The van der Waals surface area contributed by atoms with E-state index in [0.717, 1.165) is 24.3 Å². The Morgan fingerprint density at radius 3 is 0.764 bits per heavy atom. The molecule has 5 heterocycles. The van der Waals surface area contributed by atoms with Gasteiger partial charge in [0.05, 0.1) is 22.3 Å². The van der Waals surface area contributed by atoms with Gasteiger partial charge in [0, 0.05) is 44.5 Å². The monoisotopic (exact) mass is 1410 g/mol. The Balaban J connectivity index is 0.739. The summed E-state index contributed by atoms with van der Waals surface area (Å²) >= 11 is 0. The summed E-state index contributed by atoms with van der Waals surface area (Å²) in [6.45, 7) is -0.882. The third-order valence-electron chi connectivity index (χ3n) is 18.7. The molecule has 0 aliphatic carbocycles. The molecule has 0 bridgehead atoms. The van der Waals surface area contributed by atoms with E-state index in [4.69, 9.17) is 61.6 Å². The predicted octanol–water partition coefficient (Wildman–Crippen LogP) is 14.4. The average Bonchev–Trinajstić information content (AvgIpc) is 1.61. The maximum absolute atomic E-state index is 15.3. The van der Waals surface area contributed by atoms with Crippen molar-refractivity contribution in [2.24, 2.45) is 0 Å². The lowest BCUT2D eigenvalue weighted by atomic mass is 9.97. The minimum absolute atomic E-state index is 0.0416. The highest BCUT2D eigenvalue weighted by Gasteiger charge is 2.56. The lowest BCUT2D eigenvalue weighted by Gasteiger charge is -2.28. The number of hydrogen-bond donors (Lipinski definition) is 4. The quantitative estimate of drug-likeness (QED) is 0.0487. The number of aromatic hydroxyl groups is 4. The number of fused-ring (bicyclic) bond motifs is 4. The van der Waals surface area contributed by atoms with Crippen molar-refractivity contribution < 1.29 is 101 Å². The Kier molecular flexibility index (Phi) is 16.1. The number of benzene rings is 12. The number of rotatable bonds is 17. The number of hydrogen-bond acceptors (Lipinski definition) is 21. The van der Waals surface area contributed by atoms with Crippen LogP contribution in [0.3, 0.4) is 0 Å². The fraction of sp³-hybridized carbons (Fsp3) is 0.106. The van der Waals surface area contributed by atoms with Crippen molar-refractivity contribution >= 4 is 23.9 Å². The molecule has 106 heavy (non-hydrogen) atoms. The first-order valence-corrected chi connectivity index (χ1v) is 33.6. The Hall–Kier alpha value is -13.9. The first-order chi connectivity index (χ1) is 51.7. The van der Waals surface area contributed by atoms with Crippen LogP contribution in [0.5, 0.6) is 69.0 Å². The molecule has 17 rings (SSSR count). The van der Waals surface area contributed by atoms with Crippen LogP contribution in [0.2, 0.25) is 0 Å². The Morgan fingerprint density at radius 1 is 0.283 bits per heavy atom. The Bertz CT molecular complexity index is 5210. The molecule has 12 aromatic rings. The Morgan fingerprint density at radius 2 is 0.509 bits per heavy atom. The van der Waals surface area contributed by atoms with Gasteiger partial charge in [0.15, 0.2) is 52.1 Å². The standard InChI is InChI=1S/C85H58O21/c86-62-41-50(45-66-71(62)103-82(99-66,54-25-9-1-10-26-54)55-27-11-2-12-28-55)77(90)94-49-70-75(96-78(91)51-42-63(87)72-67(46-51)100-83(104-72,56-29-13-3-14-30-56)57-31-15-4-16-32-57)76(97-79(92)52-43-64(88)73-68(47-52)101-84(105-73,58-33-17-5-18-34-58)59-35-19-6-20-36-59)81(95-70)98-80(93)53-44-65(89)74-69(48-53)102-85(106-74,60-37-21-7-22-38-60)61-39-23-8-24-40-61/h1-48,70,75-76,81,86-89H,49H2/t70-,75-,76-,81+/m1/s1. The summed E-state index contributed by atoms with van der Waals surface area (Å²) < 4.78 is 83.9. The van der Waals surface area contributed by atoms with Gasteiger partial charge < -0.3 is 82.0 Å². The van der Waals surface area contributed by atoms with Gasteiger partial charge in [-0.3, -0.25) is 0 Å². The van der Waals surface area contributed by atoms with Gasteiger partial charge in [0.2, 0.25) is 35.4 Å². The van der Waals surface area contributed by atoms with Crippen LogP contribution in [0.25, 0.3) is 0 Å². The van der Waals surface area contributed by atoms with Crippen molar-refractivity contribution in [2.45, 2.75) is 47.8 Å². The predicted molar refractivity (Wildman–Crippen MR) is 375 cm³/mol. The van der Waals surface area contributed by atoms with Gasteiger partial charge in [-0.2, -0.15) is 0 Å². The molecule has 21 heteroatoms. The van der Waals surface area contributed by atoms with E-state index in [1.807, 2.05) is 36.4 Å². The van der Waals surface area contributed by atoms with Crippen LogP contribution in [0, 0.1) is 0 Å². The van der Waals surface area contributed by atoms with Crippen molar-refractivity contribution in [3.05, 3.63) is 358 Å². The summed E-state index contributed by atoms with van der Waals surface area (Å²) in [7, 11) is 0. The molecule has 4 N–H and O–H groups in total. The van der Waals surface area contributed by atoms with Gasteiger partial charge in [-0.25, -0.2) is 19.2 Å². The molecule has 21 nitrogen and oxygen atoms in total. The molecule has 1 fully saturated rings. The molecule has 5 aliphatic rings. The first kappa shape index (κ1) is 65.4. The van der Waals surface area contributed by atoms with Crippen molar-refractivity contribution in [1.82, 2.24) is 0 Å². The molecule has 0 saturated carbocycles. The zero-order chi connectivity index (χ0) is 72.3. The van der Waals surface area contributed by atoms with Crippen LogP contribution < -0.4 is 37.9 Å². The molecule has 0 unspecified atom stereocenters. The van der Waals surface area contributed by atoms with Gasteiger partial charge in [-0.15, -0.1) is 0 Å². The summed E-state index contributed by atoms with van der Waals surface area (Å²) in [5, 5.41) is 47.2. The number of phenols is 4. The van der Waals surface area contributed by atoms with Crippen molar-refractivity contribution in [2.75, 3.05) is 6.61 Å². The molecule has 0 amide bonds. The number of carbonyl (C=O) groups excluding carboxylic acids is 4. The topological polar surface area (TPSA) is 269 Å². The third-order valence-corrected chi connectivity index (χ3v) is 18.7. The van der Waals surface area contributed by atoms with Gasteiger partial charge in [0.25, 0.3) is 0 Å². The molecule has 4 atom stereocenters. The number of phenolic OH excluding ortho intramolecular Hbond substituents is 4. The zero-order valence-corrected chi connectivity index (χ0v) is 55.5. The van der Waals surface area contributed by atoms with Gasteiger partial charge in [0.1, 0.15) is 12.7 Å². The van der Waals surface area contributed by atoms with Crippen molar-refractivity contribution in [3.8, 4) is 69.0 Å². The van der Waals surface area contributed by atoms with E-state index in [1.54, 1.807) is 206 Å². The van der Waals surface area contributed by atoms with Gasteiger partial charge >= 0.3 is 47.0 Å². The van der Waals surface area contributed by atoms with Crippen LogP contribution >= 0.6 is 0 Å². The maximum Gasteiger partial charge on any atom is 0.340 e. The molecule has 12 aromatic carbocycles. The highest BCUT2D eigenvalue weighted by atomic mass is 16.8. The van der Waals surface area contributed by atoms with E-state index in [2.05, 4.69) is 0 Å². The van der Waals surface area contributed by atoms with Crippen LogP contribution in [0.15, 0.2) is 291 Å². The summed E-state index contributed by atoms with van der Waals surface area (Å²) in [5.41, 5.74) is 2.97. The second kappa shape index (κ2) is 26.2. The van der Waals surface area contributed by atoms with Crippen molar-refractivity contribution in [1.29, 1.82) is 0 Å². The lowest BCUT2D eigenvalue weighted by Crippen LogP contribution is -2.42. The third kappa shape index (κ3) is 11.3. The smallest absolute Gasteiger partial charge is 0.340 e. The number of ether oxygens (including phenoxy) is 13. The largest absolute Gasteiger partial charge is 0.504 e. The summed E-state index contributed by atoms with van der Waals surface area (Å²) in [6, 6.07) is 80.8. The van der Waals surface area contributed by atoms with Crippen molar-refractivity contribution in [3.63, 3.8) is 0 Å². The number of carbonyl (C=O) groups is 4. The van der Waals surface area contributed by atoms with E-state index in [9.17, 15) is 25.2 Å². The fourth-order valence-corrected chi connectivity index (χ4v) is 13.7. The van der Waals surface area contributed by atoms with Crippen LogP contribution in [-0.2, 0) is 46.8 Å². The fourth-order valence-electron chi connectivity index (χ4n) is 13.7. The minimum Gasteiger partial charge on any atom is -0.504 e. The maximum atomic E-state index is 15.3. The molecule has 5 aliphatic heterocycles. The molecular formula is C85H58O21. The zero-order valence-electron chi connectivity index (χ0n) is 55.5. The lowest BCUT2D eigenvalue weighted by molar-refractivity contribution is -0.141. The van der Waals surface area contributed by atoms with E-state index < -0.39 is 101 Å². The Labute approximate surface area is 603 Å². The van der Waals surface area contributed by atoms with E-state index in [0.29, 0.717) is 44.5 Å². The number of esters is 4. The van der Waals surface area contributed by atoms with Crippen LogP contribution in [0.1, 0.15) is 85.9 Å². The molecular weight excluding hydrogens is 1360 g/mol. The summed E-state index contributed by atoms with van der Waals surface area (Å²) in [6.07, 6.45) is -7.89. The van der Waals surface area contributed by atoms with Gasteiger partial charge in [-0.05, 0) is 48.5 Å². The van der Waals surface area contributed by atoms with E-state index in [-0.39, 0.29) is 68.2 Å². The first-order valence-electron chi connectivity index (χ1n) is 33.6. The molecule has 0 aromatic heterocycles. The second-order valence-electron chi connectivity index (χ2n) is 25.3. The molecule has 0 spiro atoms. The van der Waals surface area contributed by atoms with E-state index >= 15 is 14.4 Å². The highest BCUT2D eigenvalue weighted by molar-refractivity contribution is 5.94. The average molecular weight is 1420 g/mol. The van der Waals surface area contributed by atoms with Gasteiger partial charge in [-0.1, -0.05) is 243 Å². The molecule has 1 saturated heterocycles. The molecule has 524 valence electrons. The summed E-state index contributed by atoms with van der Waals surface area (Å²) in [4.78, 5) is 60.3. The van der Waals surface area contributed by atoms with E-state index in [1.165, 1.54) is 24.3 Å².